The number of rotatable bonds is 4. The number of hydrogen-bond donors (Lipinski definition) is 0. The van der Waals surface area contributed by atoms with Crippen molar-refractivity contribution in [1.29, 1.82) is 0 Å². The van der Waals surface area contributed by atoms with Crippen LogP contribution in [0, 0.1) is 13.8 Å². The van der Waals surface area contributed by atoms with E-state index in [2.05, 4.69) is 131 Å². The lowest BCUT2D eigenvalue weighted by molar-refractivity contribution is 0.659. The Bertz CT molecular complexity index is 1330. The van der Waals surface area contributed by atoms with Crippen LogP contribution in [0.5, 0.6) is 0 Å². The smallest absolute Gasteiger partial charge is 0.0449 e. The van der Waals surface area contributed by atoms with Gasteiger partial charge in [0.25, 0.3) is 0 Å². The molecule has 0 heterocycles. The van der Waals surface area contributed by atoms with Crippen molar-refractivity contribution >= 4 is 11.4 Å². The lowest BCUT2D eigenvalue weighted by Gasteiger charge is -2.33. The first-order valence-electron chi connectivity index (χ1n) is 12.0. The van der Waals surface area contributed by atoms with E-state index in [9.17, 15) is 0 Å². The van der Waals surface area contributed by atoms with Crippen molar-refractivity contribution in [3.63, 3.8) is 0 Å². The predicted octanol–water partition coefficient (Wildman–Crippen LogP) is 8.82. The molecule has 1 heteroatoms. The van der Waals surface area contributed by atoms with Crippen LogP contribution in [0.3, 0.4) is 0 Å². The minimum absolute atomic E-state index is 0.00546. The zero-order chi connectivity index (χ0) is 23.3. The number of anilines is 2. The monoisotopic (exact) mass is 431 g/mol. The van der Waals surface area contributed by atoms with E-state index in [1.807, 2.05) is 0 Å². The van der Waals surface area contributed by atoms with Crippen LogP contribution in [0.15, 0.2) is 84.9 Å². The van der Waals surface area contributed by atoms with Gasteiger partial charge in [0, 0.05) is 22.8 Å². The highest BCUT2D eigenvalue weighted by Gasteiger charge is 2.36. The number of hydrogen-bond acceptors (Lipinski definition) is 1. The average molecular weight is 432 g/mol. The molecule has 1 nitrogen and oxygen atoms in total. The SMILES string of the molecule is Cc1ccccc1N(c1cc2c(cc1C)C(C)(C)c1ccc(-c3ccccc3)cc1-2)C(C)C. The second-order valence-electron chi connectivity index (χ2n) is 10.2. The molecule has 0 spiro atoms. The van der Waals surface area contributed by atoms with Crippen LogP contribution in [0.2, 0.25) is 0 Å². The lowest BCUT2D eigenvalue weighted by Crippen LogP contribution is -2.27. The summed E-state index contributed by atoms with van der Waals surface area (Å²) in [7, 11) is 0. The topological polar surface area (TPSA) is 3.24 Å². The molecule has 5 rings (SSSR count). The van der Waals surface area contributed by atoms with Crippen molar-refractivity contribution in [2.75, 3.05) is 4.90 Å². The summed E-state index contributed by atoms with van der Waals surface area (Å²) in [5.41, 5.74) is 13.3. The maximum Gasteiger partial charge on any atom is 0.0449 e. The van der Waals surface area contributed by atoms with Gasteiger partial charge in [-0.25, -0.2) is 0 Å². The van der Waals surface area contributed by atoms with Crippen LogP contribution in [0.4, 0.5) is 11.4 Å². The van der Waals surface area contributed by atoms with Crippen LogP contribution in [0.25, 0.3) is 22.3 Å². The van der Waals surface area contributed by atoms with Crippen LogP contribution in [0.1, 0.15) is 49.9 Å². The highest BCUT2D eigenvalue weighted by atomic mass is 15.2. The van der Waals surface area contributed by atoms with E-state index >= 15 is 0 Å². The van der Waals surface area contributed by atoms with Gasteiger partial charge >= 0.3 is 0 Å². The largest absolute Gasteiger partial charge is 0.338 e. The fraction of sp³-hybridized carbons (Fsp3) is 0.250. The Labute approximate surface area is 198 Å². The molecule has 4 aromatic rings. The molecule has 0 unspecified atom stereocenters. The third-order valence-electron chi connectivity index (χ3n) is 7.25. The Kier molecular flexibility index (Phi) is 5.16. The summed E-state index contributed by atoms with van der Waals surface area (Å²) in [5.74, 6) is 0. The molecule has 0 saturated carbocycles. The van der Waals surface area contributed by atoms with Gasteiger partial charge in [0.15, 0.2) is 0 Å². The second-order valence-corrected chi connectivity index (χ2v) is 10.2. The van der Waals surface area contributed by atoms with Gasteiger partial charge in [-0.3, -0.25) is 0 Å². The molecule has 0 amide bonds. The Hall–Kier alpha value is -3.32. The zero-order valence-corrected chi connectivity index (χ0v) is 20.6. The average Bonchev–Trinajstić information content (AvgIpc) is 3.02. The van der Waals surface area contributed by atoms with Crippen LogP contribution in [-0.4, -0.2) is 6.04 Å². The summed E-state index contributed by atoms with van der Waals surface area (Å²) >= 11 is 0. The molecular formula is C32H33N. The number of para-hydroxylation sites is 1. The molecule has 33 heavy (non-hydrogen) atoms. The van der Waals surface area contributed by atoms with Crippen molar-refractivity contribution in [3.8, 4) is 22.3 Å². The van der Waals surface area contributed by atoms with Gasteiger partial charge in [-0.05, 0) is 90.4 Å². The van der Waals surface area contributed by atoms with Gasteiger partial charge in [-0.1, -0.05) is 80.6 Å². The second kappa shape index (κ2) is 7.92. The summed E-state index contributed by atoms with van der Waals surface area (Å²) in [5, 5.41) is 0. The van der Waals surface area contributed by atoms with Crippen LogP contribution >= 0.6 is 0 Å². The van der Waals surface area contributed by atoms with Crippen LogP contribution in [-0.2, 0) is 5.41 Å². The van der Waals surface area contributed by atoms with E-state index in [1.165, 1.54) is 55.9 Å². The number of nitrogens with zero attached hydrogens (tertiary/aromatic N) is 1. The molecule has 0 aliphatic heterocycles. The van der Waals surface area contributed by atoms with Crippen molar-refractivity contribution in [1.82, 2.24) is 0 Å². The molecule has 0 fully saturated rings. The molecule has 166 valence electrons. The Morgan fingerprint density at radius 3 is 1.97 bits per heavy atom. The summed E-state index contributed by atoms with van der Waals surface area (Å²) < 4.78 is 0. The summed E-state index contributed by atoms with van der Waals surface area (Å²) in [6, 6.07) is 31.7. The minimum Gasteiger partial charge on any atom is -0.338 e. The van der Waals surface area contributed by atoms with Gasteiger partial charge in [0.2, 0.25) is 0 Å². The van der Waals surface area contributed by atoms with E-state index in [1.54, 1.807) is 0 Å². The van der Waals surface area contributed by atoms with Crippen molar-refractivity contribution in [3.05, 3.63) is 107 Å². The summed E-state index contributed by atoms with van der Waals surface area (Å²) in [4.78, 5) is 2.50. The first-order chi connectivity index (χ1) is 15.8. The van der Waals surface area contributed by atoms with Gasteiger partial charge in [0.05, 0.1) is 0 Å². The van der Waals surface area contributed by atoms with Crippen molar-refractivity contribution in [2.24, 2.45) is 0 Å². The summed E-state index contributed by atoms with van der Waals surface area (Å²) in [6.45, 7) is 13.8. The lowest BCUT2D eigenvalue weighted by atomic mass is 9.81. The molecule has 0 aromatic heterocycles. The molecule has 0 atom stereocenters. The van der Waals surface area contributed by atoms with E-state index in [0.29, 0.717) is 6.04 Å². The quantitative estimate of drug-likeness (QED) is 0.312. The van der Waals surface area contributed by atoms with E-state index in [-0.39, 0.29) is 5.41 Å². The van der Waals surface area contributed by atoms with E-state index < -0.39 is 0 Å². The number of aryl methyl sites for hydroxylation is 2. The fourth-order valence-corrected chi connectivity index (χ4v) is 5.48. The summed E-state index contributed by atoms with van der Waals surface area (Å²) in [6.07, 6.45) is 0. The van der Waals surface area contributed by atoms with Gasteiger partial charge in [0.1, 0.15) is 0 Å². The molecule has 0 N–H and O–H groups in total. The molecule has 4 aromatic carbocycles. The van der Waals surface area contributed by atoms with Crippen molar-refractivity contribution in [2.45, 2.75) is 53.0 Å². The van der Waals surface area contributed by atoms with Crippen LogP contribution < -0.4 is 4.90 Å². The predicted molar refractivity (Wildman–Crippen MR) is 143 cm³/mol. The number of benzene rings is 4. The zero-order valence-electron chi connectivity index (χ0n) is 20.6. The van der Waals surface area contributed by atoms with Crippen molar-refractivity contribution < 1.29 is 0 Å². The maximum atomic E-state index is 2.50. The van der Waals surface area contributed by atoms with Gasteiger partial charge in [-0.2, -0.15) is 0 Å². The first-order valence-corrected chi connectivity index (χ1v) is 12.0. The maximum absolute atomic E-state index is 2.50. The highest BCUT2D eigenvalue weighted by molar-refractivity contribution is 5.88. The molecule has 0 saturated heterocycles. The Balaban J connectivity index is 1.72. The molecule has 1 aliphatic rings. The molecular weight excluding hydrogens is 398 g/mol. The molecule has 1 aliphatic carbocycles. The number of fused-ring (bicyclic) bond motifs is 3. The minimum atomic E-state index is -0.00546. The standard InChI is InChI=1S/C32H33N/c1-21(2)33(30-15-11-10-12-22(30)3)31-20-27-26-19-25(24-13-8-7-9-14-24)16-17-28(26)32(5,6)29(27)18-23(31)4/h7-21H,1-6H3. The first kappa shape index (κ1) is 21.5. The molecule has 0 radical (unpaired) electrons. The third kappa shape index (κ3) is 3.47. The fourth-order valence-electron chi connectivity index (χ4n) is 5.48. The molecule has 0 bridgehead atoms. The normalized spacial score (nSPS) is 13.7. The van der Waals surface area contributed by atoms with Gasteiger partial charge < -0.3 is 4.90 Å². The Morgan fingerprint density at radius 2 is 1.27 bits per heavy atom. The highest BCUT2D eigenvalue weighted by Crippen LogP contribution is 2.52. The third-order valence-corrected chi connectivity index (χ3v) is 7.25. The van der Waals surface area contributed by atoms with E-state index in [4.69, 9.17) is 0 Å². The van der Waals surface area contributed by atoms with E-state index in [0.717, 1.165) is 0 Å². The van der Waals surface area contributed by atoms with Gasteiger partial charge in [-0.15, -0.1) is 0 Å². The Morgan fingerprint density at radius 1 is 0.606 bits per heavy atom.